The molecule has 0 aliphatic rings. The molecule has 4 rings (SSSR count). The first-order chi connectivity index (χ1) is 13.6. The Balaban J connectivity index is 1.97. The minimum atomic E-state index is -1.19. The molecule has 0 aliphatic heterocycles. The van der Waals surface area contributed by atoms with Crippen molar-refractivity contribution < 1.29 is 19.4 Å². The molecule has 4 aromatic rings. The van der Waals surface area contributed by atoms with E-state index in [0.717, 1.165) is 0 Å². The summed E-state index contributed by atoms with van der Waals surface area (Å²) >= 11 is 0. The minimum absolute atomic E-state index is 0.159. The standard InChI is InChI=1S/C18H14N6O4/c1-27-11-4-3-10(14(8-11)28-2)7-12-15(18(25)26)23-24-16(12)21-22-17(24)13-9-19-5-6-20-13/h3-9H,1-2H3,(H,25,26)/b12-7-. The number of carbonyl (C=O) groups is 1. The number of ether oxygens (including phenoxy) is 2. The number of rotatable bonds is 5. The number of aromatic nitrogens is 6. The van der Waals surface area contributed by atoms with Crippen molar-refractivity contribution >= 4 is 17.7 Å². The number of nitrogens with zero attached hydrogens (tertiary/aromatic N) is 6. The maximum absolute atomic E-state index is 11.8. The van der Waals surface area contributed by atoms with Gasteiger partial charge in [-0.25, -0.2) is 9.78 Å². The second kappa shape index (κ2) is 6.91. The van der Waals surface area contributed by atoms with Gasteiger partial charge in [-0.3, -0.25) is 4.98 Å². The van der Waals surface area contributed by atoms with Crippen molar-refractivity contribution in [3.8, 4) is 23.0 Å². The van der Waals surface area contributed by atoms with Crippen LogP contribution in [-0.4, -0.2) is 55.1 Å². The third-order valence-corrected chi connectivity index (χ3v) is 4.07. The first kappa shape index (κ1) is 17.3. The van der Waals surface area contributed by atoms with Crippen molar-refractivity contribution in [3.63, 3.8) is 0 Å². The Hall–Kier alpha value is -4.08. The number of aromatic carboxylic acids is 1. The van der Waals surface area contributed by atoms with E-state index in [-0.39, 0.29) is 11.3 Å². The molecule has 0 radical (unpaired) electrons. The van der Waals surface area contributed by atoms with Crippen LogP contribution in [0.25, 0.3) is 23.2 Å². The molecule has 0 unspecified atom stereocenters. The number of hydrogen-bond donors (Lipinski definition) is 1. The van der Waals surface area contributed by atoms with Gasteiger partial charge in [0.05, 0.1) is 25.6 Å². The van der Waals surface area contributed by atoms with Crippen LogP contribution in [0, 0.1) is 0 Å². The van der Waals surface area contributed by atoms with Crippen LogP contribution < -0.4 is 14.7 Å². The number of benzene rings is 1. The van der Waals surface area contributed by atoms with Crippen LogP contribution in [0.1, 0.15) is 16.1 Å². The molecule has 0 saturated heterocycles. The summed E-state index contributed by atoms with van der Waals surface area (Å²) in [5.74, 6) is 0.246. The summed E-state index contributed by atoms with van der Waals surface area (Å²) in [5.41, 5.74) is 1.20. The van der Waals surface area contributed by atoms with Crippen molar-refractivity contribution in [3.05, 3.63) is 53.3 Å². The molecule has 28 heavy (non-hydrogen) atoms. The van der Waals surface area contributed by atoms with Gasteiger partial charge in [0, 0.05) is 24.0 Å². The molecule has 140 valence electrons. The average molecular weight is 378 g/mol. The van der Waals surface area contributed by atoms with Crippen LogP contribution >= 0.6 is 0 Å². The molecule has 0 amide bonds. The molecule has 3 heterocycles. The number of methoxy groups -OCH3 is 2. The van der Waals surface area contributed by atoms with Gasteiger partial charge in [-0.1, -0.05) is 0 Å². The fourth-order valence-electron chi connectivity index (χ4n) is 2.76. The SMILES string of the molecule is COc1ccc(/C=c2/c(C(=O)O)nn3c(-c4cnccn4)nnc23)c(OC)c1. The fraction of sp³-hybridized carbons (Fsp3) is 0.111. The Kier molecular flexibility index (Phi) is 4.28. The Bertz CT molecular complexity index is 1220. The van der Waals surface area contributed by atoms with E-state index in [1.807, 2.05) is 0 Å². The Morgan fingerprint density at radius 3 is 2.71 bits per heavy atom. The molecule has 1 N–H and O–H groups in total. The maximum atomic E-state index is 11.8. The third-order valence-electron chi connectivity index (χ3n) is 4.07. The van der Waals surface area contributed by atoms with Gasteiger partial charge in [-0.05, 0) is 18.2 Å². The summed E-state index contributed by atoms with van der Waals surface area (Å²) in [5, 5.41) is 22.3. The predicted molar refractivity (Wildman–Crippen MR) is 97.1 cm³/mol. The summed E-state index contributed by atoms with van der Waals surface area (Å²) in [6, 6.07) is 5.21. The number of carboxylic acids is 1. The van der Waals surface area contributed by atoms with Crippen molar-refractivity contribution in [2.24, 2.45) is 0 Å². The topological polar surface area (TPSA) is 125 Å². The lowest BCUT2D eigenvalue weighted by atomic mass is 10.1. The molecule has 0 aliphatic carbocycles. The van der Waals surface area contributed by atoms with Gasteiger partial charge in [0.25, 0.3) is 0 Å². The fourth-order valence-corrected chi connectivity index (χ4v) is 2.76. The lowest BCUT2D eigenvalue weighted by Gasteiger charge is -2.07. The van der Waals surface area contributed by atoms with Gasteiger partial charge >= 0.3 is 5.97 Å². The van der Waals surface area contributed by atoms with Gasteiger partial charge in [0.1, 0.15) is 17.2 Å². The van der Waals surface area contributed by atoms with Crippen molar-refractivity contribution in [1.82, 2.24) is 29.8 Å². The molecule has 0 fully saturated rings. The Morgan fingerprint density at radius 1 is 1.18 bits per heavy atom. The van der Waals surface area contributed by atoms with Crippen molar-refractivity contribution in [2.75, 3.05) is 14.2 Å². The van der Waals surface area contributed by atoms with E-state index < -0.39 is 5.97 Å². The highest BCUT2D eigenvalue weighted by atomic mass is 16.5. The van der Waals surface area contributed by atoms with E-state index >= 15 is 0 Å². The van der Waals surface area contributed by atoms with E-state index in [0.29, 0.717) is 33.8 Å². The molecular formula is C18H14N6O4. The second-order valence-electron chi connectivity index (χ2n) is 5.67. The lowest BCUT2D eigenvalue weighted by molar-refractivity contribution is 0.0689. The predicted octanol–water partition coefficient (Wildman–Crippen LogP) is 0.844. The van der Waals surface area contributed by atoms with Crippen LogP contribution in [0.15, 0.2) is 36.8 Å². The number of fused-ring (bicyclic) bond motifs is 1. The first-order valence-electron chi connectivity index (χ1n) is 8.11. The van der Waals surface area contributed by atoms with Gasteiger partial charge in [-0.2, -0.15) is 9.61 Å². The average Bonchev–Trinajstić information content (AvgIpc) is 3.29. The largest absolute Gasteiger partial charge is 0.497 e. The molecule has 0 atom stereocenters. The normalized spacial score (nSPS) is 11.7. The maximum Gasteiger partial charge on any atom is 0.357 e. The highest BCUT2D eigenvalue weighted by molar-refractivity contribution is 5.88. The zero-order valence-corrected chi connectivity index (χ0v) is 14.9. The van der Waals surface area contributed by atoms with E-state index in [4.69, 9.17) is 9.47 Å². The summed E-state index contributed by atoms with van der Waals surface area (Å²) in [6.45, 7) is 0. The molecule has 3 aromatic heterocycles. The van der Waals surface area contributed by atoms with Crippen molar-refractivity contribution in [2.45, 2.75) is 0 Å². The summed E-state index contributed by atoms with van der Waals surface area (Å²) < 4.78 is 11.9. The molecule has 0 saturated carbocycles. The van der Waals surface area contributed by atoms with E-state index in [1.54, 1.807) is 31.4 Å². The van der Waals surface area contributed by atoms with Crippen LogP contribution in [0.5, 0.6) is 11.5 Å². The zero-order chi connectivity index (χ0) is 19.7. The van der Waals surface area contributed by atoms with Crippen molar-refractivity contribution in [1.29, 1.82) is 0 Å². The van der Waals surface area contributed by atoms with Crippen LogP contribution in [0.2, 0.25) is 0 Å². The smallest absolute Gasteiger partial charge is 0.357 e. The summed E-state index contributed by atoms with van der Waals surface area (Å²) in [6.07, 6.45) is 6.17. The summed E-state index contributed by atoms with van der Waals surface area (Å²) in [4.78, 5) is 19.9. The highest BCUT2D eigenvalue weighted by Gasteiger charge is 2.20. The Labute approximate surface area is 158 Å². The lowest BCUT2D eigenvalue weighted by Crippen LogP contribution is -2.13. The highest BCUT2D eigenvalue weighted by Crippen LogP contribution is 2.25. The molecule has 1 aromatic carbocycles. The minimum Gasteiger partial charge on any atom is -0.497 e. The third kappa shape index (κ3) is 2.86. The van der Waals surface area contributed by atoms with E-state index in [2.05, 4.69) is 25.3 Å². The van der Waals surface area contributed by atoms with E-state index in [9.17, 15) is 9.90 Å². The molecule has 0 spiro atoms. The first-order valence-corrected chi connectivity index (χ1v) is 8.11. The van der Waals surface area contributed by atoms with Gasteiger partial charge in [0.15, 0.2) is 11.3 Å². The molecule has 10 nitrogen and oxygen atoms in total. The van der Waals surface area contributed by atoms with Crippen LogP contribution in [0.4, 0.5) is 0 Å². The monoisotopic (exact) mass is 378 g/mol. The quantitative estimate of drug-likeness (QED) is 0.538. The zero-order valence-electron chi connectivity index (χ0n) is 14.9. The van der Waals surface area contributed by atoms with Gasteiger partial charge in [0.2, 0.25) is 5.82 Å². The molecule has 0 bridgehead atoms. The van der Waals surface area contributed by atoms with Gasteiger partial charge < -0.3 is 14.6 Å². The summed E-state index contributed by atoms with van der Waals surface area (Å²) in [7, 11) is 3.07. The van der Waals surface area contributed by atoms with Gasteiger partial charge in [-0.15, -0.1) is 10.2 Å². The number of carboxylic acid groups (broad SMARTS) is 1. The number of hydrogen-bond acceptors (Lipinski definition) is 8. The molecular weight excluding hydrogens is 364 g/mol. The van der Waals surface area contributed by atoms with Crippen LogP contribution in [-0.2, 0) is 0 Å². The molecule has 10 heteroatoms. The van der Waals surface area contributed by atoms with E-state index in [1.165, 1.54) is 30.2 Å². The Morgan fingerprint density at radius 2 is 2.04 bits per heavy atom. The second-order valence-corrected chi connectivity index (χ2v) is 5.67. The van der Waals surface area contributed by atoms with Crippen LogP contribution in [0.3, 0.4) is 0 Å².